The number of amides is 1. The molecule has 1 saturated heterocycles. The summed E-state index contributed by atoms with van der Waals surface area (Å²) in [5, 5.41) is 21.2. The van der Waals surface area contributed by atoms with Gasteiger partial charge in [0.05, 0.1) is 12.7 Å². The lowest BCUT2D eigenvalue weighted by molar-refractivity contribution is -0.118. The number of nitrogens with one attached hydrogen (secondary N) is 1. The summed E-state index contributed by atoms with van der Waals surface area (Å²) in [6, 6.07) is 0. The molecule has 0 radical (unpaired) electrons. The van der Waals surface area contributed by atoms with Crippen LogP contribution in [0.3, 0.4) is 0 Å². The van der Waals surface area contributed by atoms with Gasteiger partial charge in [-0.15, -0.1) is 0 Å². The maximum Gasteiger partial charge on any atom is 0.253 e. The molecule has 0 spiro atoms. The van der Waals surface area contributed by atoms with E-state index in [0.29, 0.717) is 17.8 Å². The van der Waals surface area contributed by atoms with Crippen molar-refractivity contribution in [3.05, 3.63) is 24.2 Å². The van der Waals surface area contributed by atoms with E-state index in [4.69, 9.17) is 9.84 Å². The van der Waals surface area contributed by atoms with E-state index in [2.05, 4.69) is 11.9 Å². The van der Waals surface area contributed by atoms with Gasteiger partial charge in [-0.1, -0.05) is 6.58 Å². The van der Waals surface area contributed by atoms with Crippen LogP contribution in [0.5, 0.6) is 0 Å². The molecule has 0 aliphatic carbocycles. The van der Waals surface area contributed by atoms with Gasteiger partial charge in [-0.25, -0.2) is 0 Å². The Morgan fingerprint density at radius 1 is 1.71 bits per heavy atom. The maximum atomic E-state index is 11.4. The van der Waals surface area contributed by atoms with Crippen molar-refractivity contribution in [2.45, 2.75) is 31.8 Å². The molecule has 1 fully saturated rings. The molecule has 2 aliphatic heterocycles. The highest BCUT2D eigenvalue weighted by molar-refractivity contribution is 5.94. The highest BCUT2D eigenvalue weighted by Crippen LogP contribution is 2.27. The molecule has 1 amide bonds. The summed E-state index contributed by atoms with van der Waals surface area (Å²) in [6.45, 7) is 5.18. The Labute approximate surface area is 99.2 Å². The average Bonchev–Trinajstić information content (AvgIpc) is 2.65. The highest BCUT2D eigenvalue weighted by Gasteiger charge is 2.38. The third kappa shape index (κ3) is 2.19. The second-order valence-corrected chi connectivity index (χ2v) is 4.24. The van der Waals surface area contributed by atoms with Crippen LogP contribution in [0.15, 0.2) is 24.2 Å². The minimum Gasteiger partial charge on any atom is -0.394 e. The average molecular weight is 240 g/mol. The van der Waals surface area contributed by atoms with Gasteiger partial charge >= 0.3 is 0 Å². The molecule has 2 heterocycles. The number of hydrogen-bond acceptors (Lipinski definition) is 5. The van der Waals surface area contributed by atoms with Crippen molar-refractivity contribution < 1.29 is 19.7 Å². The Balaban J connectivity index is 2.13. The minimum atomic E-state index is -0.705. The number of aliphatic hydroxyl groups excluding tert-OH is 2. The molecule has 6 nitrogen and oxygen atoms in total. The van der Waals surface area contributed by atoms with Gasteiger partial charge in [0, 0.05) is 18.2 Å². The predicted octanol–water partition coefficient (Wildman–Crippen LogP) is -0.739. The fraction of sp³-hybridized carbons (Fsp3) is 0.545. The molecule has 0 aromatic heterocycles. The summed E-state index contributed by atoms with van der Waals surface area (Å²) in [7, 11) is 0. The molecule has 94 valence electrons. The van der Waals surface area contributed by atoms with Crippen molar-refractivity contribution in [2.24, 2.45) is 0 Å². The number of carbonyl (C=O) groups is 1. The molecule has 3 N–H and O–H groups in total. The highest BCUT2D eigenvalue weighted by atomic mass is 16.5. The molecule has 2 rings (SSSR count). The van der Waals surface area contributed by atoms with E-state index >= 15 is 0 Å². The molecule has 0 unspecified atom stereocenters. The van der Waals surface area contributed by atoms with Crippen LogP contribution in [0, 0.1) is 0 Å². The number of ether oxygens (including phenoxy) is 1. The van der Waals surface area contributed by atoms with E-state index in [0.717, 1.165) is 0 Å². The molecule has 6 heteroatoms. The summed E-state index contributed by atoms with van der Waals surface area (Å²) in [5.74, 6) is 0.222. The van der Waals surface area contributed by atoms with Gasteiger partial charge < -0.3 is 25.2 Å². The number of nitrogens with zero attached hydrogens (tertiary/aromatic N) is 1. The first-order valence-corrected chi connectivity index (χ1v) is 5.44. The summed E-state index contributed by atoms with van der Waals surface area (Å²) < 4.78 is 5.49. The first kappa shape index (κ1) is 12.1. The van der Waals surface area contributed by atoms with Gasteiger partial charge in [-0.05, 0) is 6.92 Å². The fourth-order valence-corrected chi connectivity index (χ4v) is 1.95. The van der Waals surface area contributed by atoms with Gasteiger partial charge in [0.2, 0.25) is 0 Å². The smallest absolute Gasteiger partial charge is 0.253 e. The van der Waals surface area contributed by atoms with Gasteiger partial charge in [-0.3, -0.25) is 4.79 Å². The lowest BCUT2D eigenvalue weighted by Crippen LogP contribution is -2.42. The molecule has 3 atom stereocenters. The van der Waals surface area contributed by atoms with Crippen LogP contribution >= 0.6 is 0 Å². The number of aliphatic hydroxyl groups is 2. The third-order valence-electron chi connectivity index (χ3n) is 2.95. The summed E-state index contributed by atoms with van der Waals surface area (Å²) >= 11 is 0. The third-order valence-corrected chi connectivity index (χ3v) is 2.95. The molecule has 0 bridgehead atoms. The Bertz CT molecular complexity index is 380. The van der Waals surface area contributed by atoms with Crippen LogP contribution in [0.1, 0.15) is 13.3 Å². The molecule has 17 heavy (non-hydrogen) atoms. The Morgan fingerprint density at radius 2 is 2.41 bits per heavy atom. The van der Waals surface area contributed by atoms with E-state index in [1.54, 1.807) is 18.0 Å². The lowest BCUT2D eigenvalue weighted by atomic mass is 10.1. The SMILES string of the molecule is C=C1NC(=O)C(C)=CN1[C@H]1C[C@@H](O)[C@@H](CO)O1. The molecule has 2 aliphatic rings. The van der Waals surface area contributed by atoms with Crippen LogP contribution < -0.4 is 5.32 Å². The molecular weight excluding hydrogens is 224 g/mol. The van der Waals surface area contributed by atoms with E-state index in [1.165, 1.54) is 0 Å². The van der Waals surface area contributed by atoms with E-state index in [-0.39, 0.29) is 12.5 Å². The van der Waals surface area contributed by atoms with Crippen molar-refractivity contribution in [2.75, 3.05) is 6.61 Å². The topological polar surface area (TPSA) is 82.0 Å². The van der Waals surface area contributed by atoms with Crippen molar-refractivity contribution in [1.29, 1.82) is 0 Å². The number of hydrogen-bond donors (Lipinski definition) is 3. The Kier molecular flexibility index (Phi) is 3.19. The summed E-state index contributed by atoms with van der Waals surface area (Å²) in [4.78, 5) is 13.0. The van der Waals surface area contributed by atoms with Crippen LogP contribution in [0.25, 0.3) is 0 Å². The lowest BCUT2D eigenvalue weighted by Gasteiger charge is -2.32. The zero-order valence-corrected chi connectivity index (χ0v) is 9.59. The Hall–Kier alpha value is -1.37. The number of carbonyl (C=O) groups excluding carboxylic acids is 1. The predicted molar refractivity (Wildman–Crippen MR) is 59.2 cm³/mol. The molecule has 0 saturated carbocycles. The van der Waals surface area contributed by atoms with Gasteiger partial charge in [0.1, 0.15) is 18.2 Å². The normalized spacial score (nSPS) is 33.7. The quantitative estimate of drug-likeness (QED) is 0.592. The summed E-state index contributed by atoms with van der Waals surface area (Å²) in [5.41, 5.74) is 0.544. The zero-order valence-electron chi connectivity index (χ0n) is 9.59. The molecular formula is C11H16N2O4. The van der Waals surface area contributed by atoms with Crippen LogP contribution in [0.4, 0.5) is 0 Å². The van der Waals surface area contributed by atoms with Crippen LogP contribution in [-0.4, -0.2) is 46.1 Å². The van der Waals surface area contributed by atoms with Crippen molar-refractivity contribution in [1.82, 2.24) is 10.2 Å². The monoisotopic (exact) mass is 240 g/mol. The van der Waals surface area contributed by atoms with Crippen LogP contribution in [-0.2, 0) is 9.53 Å². The fourth-order valence-electron chi connectivity index (χ4n) is 1.95. The van der Waals surface area contributed by atoms with Crippen molar-refractivity contribution >= 4 is 5.91 Å². The Morgan fingerprint density at radius 3 is 3.00 bits per heavy atom. The van der Waals surface area contributed by atoms with Gasteiger partial charge in [-0.2, -0.15) is 0 Å². The molecule has 0 aromatic carbocycles. The van der Waals surface area contributed by atoms with Gasteiger partial charge in [0.15, 0.2) is 0 Å². The van der Waals surface area contributed by atoms with E-state index in [9.17, 15) is 9.90 Å². The maximum absolute atomic E-state index is 11.4. The van der Waals surface area contributed by atoms with Crippen LogP contribution in [0.2, 0.25) is 0 Å². The first-order valence-electron chi connectivity index (χ1n) is 5.44. The summed E-state index contributed by atoms with van der Waals surface area (Å²) in [6.07, 6.45) is 0.302. The van der Waals surface area contributed by atoms with Crippen molar-refractivity contribution in [3.8, 4) is 0 Å². The van der Waals surface area contributed by atoms with Crippen molar-refractivity contribution in [3.63, 3.8) is 0 Å². The van der Waals surface area contributed by atoms with E-state index in [1.807, 2.05) is 0 Å². The molecule has 0 aromatic rings. The van der Waals surface area contributed by atoms with Gasteiger partial charge in [0.25, 0.3) is 5.91 Å². The van der Waals surface area contributed by atoms with E-state index < -0.39 is 18.4 Å². The zero-order chi connectivity index (χ0) is 12.6. The standard InChI is InChI=1S/C11H16N2O4/c1-6-4-13(7(2)12-11(6)16)10-3-8(15)9(5-14)17-10/h4,8-10,14-15H,2-3,5H2,1H3,(H,12,16)/t8-,9-,10-/m1/s1. The number of rotatable bonds is 2. The first-order chi connectivity index (χ1) is 8.02. The largest absolute Gasteiger partial charge is 0.394 e. The minimum absolute atomic E-state index is 0.191. The second kappa shape index (κ2) is 4.48. The second-order valence-electron chi connectivity index (χ2n) is 4.24.